The molecular weight excluding hydrogens is 563 g/mol. The van der Waals surface area contributed by atoms with Crippen molar-refractivity contribution in [2.75, 3.05) is 4.90 Å². The maximum absolute atomic E-state index is 13.8. The van der Waals surface area contributed by atoms with Crippen LogP contribution in [-0.2, 0) is 34.8 Å². The Kier molecular flexibility index (Phi) is 8.58. The van der Waals surface area contributed by atoms with Crippen LogP contribution in [0.4, 0.5) is 10.1 Å². The lowest BCUT2D eigenvalue weighted by atomic mass is 9.87. The molecule has 1 heterocycles. The predicted octanol–water partition coefficient (Wildman–Crippen LogP) is 6.30. The Bertz CT molecular complexity index is 1660. The largest absolute Gasteiger partial charge is 0.337 e. The molecule has 3 aromatic carbocycles. The highest BCUT2D eigenvalue weighted by Crippen LogP contribution is 2.35. The number of carbonyl (C=O) groups excluding carboxylic acids is 1. The third kappa shape index (κ3) is 6.53. The van der Waals surface area contributed by atoms with E-state index in [0.29, 0.717) is 18.5 Å². The van der Waals surface area contributed by atoms with Crippen molar-refractivity contribution in [1.82, 2.24) is 14.3 Å². The van der Waals surface area contributed by atoms with Crippen molar-refractivity contribution in [3.05, 3.63) is 112 Å². The van der Waals surface area contributed by atoms with E-state index < -0.39 is 21.9 Å². The minimum absolute atomic E-state index is 0.00675. The second kappa shape index (κ2) is 12.1. The van der Waals surface area contributed by atoms with E-state index in [1.807, 2.05) is 73.3 Å². The van der Waals surface area contributed by atoms with Crippen LogP contribution in [-0.4, -0.2) is 23.9 Å². The smallest absolute Gasteiger partial charge is 0.241 e. The molecule has 10 heteroatoms. The third-order valence-electron chi connectivity index (χ3n) is 7.63. The van der Waals surface area contributed by atoms with Crippen LogP contribution < -0.4 is 9.62 Å². The number of aryl methyl sites for hydroxylation is 2. The van der Waals surface area contributed by atoms with E-state index in [1.165, 1.54) is 6.07 Å². The summed E-state index contributed by atoms with van der Waals surface area (Å²) < 4.78 is 44.8. The van der Waals surface area contributed by atoms with Crippen molar-refractivity contribution < 1.29 is 17.6 Å². The van der Waals surface area contributed by atoms with Crippen molar-refractivity contribution in [1.29, 1.82) is 0 Å². The van der Waals surface area contributed by atoms with E-state index in [-0.39, 0.29) is 28.3 Å². The fraction of sp³-hybridized carbons (Fsp3) is 0.290. The van der Waals surface area contributed by atoms with E-state index >= 15 is 0 Å². The lowest BCUT2D eigenvalue weighted by Crippen LogP contribution is -2.34. The molecule has 41 heavy (non-hydrogen) atoms. The topological polar surface area (TPSA) is 84.3 Å². The molecule has 0 spiro atoms. The molecule has 0 unspecified atom stereocenters. The number of amides is 1. The van der Waals surface area contributed by atoms with Crippen LogP contribution in [0.15, 0.2) is 84.0 Å². The number of nitrogens with one attached hydrogen (secondary N) is 1. The summed E-state index contributed by atoms with van der Waals surface area (Å²) in [7, 11) is -2.09. The summed E-state index contributed by atoms with van der Waals surface area (Å²) >= 11 is 5.86. The van der Waals surface area contributed by atoms with Gasteiger partial charge in [-0.3, -0.25) is 4.79 Å². The van der Waals surface area contributed by atoms with Crippen LogP contribution in [0.1, 0.15) is 60.7 Å². The molecule has 7 nitrogen and oxygen atoms in total. The Hall–Kier alpha value is -3.53. The quantitative estimate of drug-likeness (QED) is 0.247. The maximum atomic E-state index is 13.8. The van der Waals surface area contributed by atoms with Gasteiger partial charge in [0.05, 0.1) is 16.5 Å². The van der Waals surface area contributed by atoms with Crippen LogP contribution in [0.3, 0.4) is 0 Å². The number of aromatic nitrogens is 2. The van der Waals surface area contributed by atoms with Gasteiger partial charge in [-0.2, -0.15) is 0 Å². The Morgan fingerprint density at radius 1 is 1.17 bits per heavy atom. The van der Waals surface area contributed by atoms with E-state index in [9.17, 15) is 17.6 Å². The van der Waals surface area contributed by atoms with Crippen LogP contribution in [0.2, 0.25) is 5.02 Å². The second-order valence-electron chi connectivity index (χ2n) is 10.5. The van der Waals surface area contributed by atoms with Gasteiger partial charge in [-0.25, -0.2) is 22.5 Å². The lowest BCUT2D eigenvalue weighted by molar-refractivity contribution is -0.119. The average molecular weight is 595 g/mol. The highest BCUT2D eigenvalue weighted by Gasteiger charge is 2.28. The van der Waals surface area contributed by atoms with Gasteiger partial charge in [0, 0.05) is 37.6 Å². The fourth-order valence-corrected chi connectivity index (χ4v) is 6.78. The number of hydrogen-bond acceptors (Lipinski definition) is 4. The zero-order valence-electron chi connectivity index (χ0n) is 22.9. The number of benzene rings is 3. The standard InChI is InChI=1S/C31H32ClFN4O3S/c1-21(22-7-4-3-5-8-22)17-31(38)37(20-30-34-15-16-36(30)2)24-12-11-23-9-6-10-29(26(23)18-24)35-41(39,40)25-13-14-28(33)27(32)19-25/h3-5,7-8,11-16,18-19,21,29,35H,6,9-10,17,20H2,1-2H3/t21-,29-/m1/s1. The molecule has 0 radical (unpaired) electrons. The molecule has 0 saturated heterocycles. The van der Waals surface area contributed by atoms with Crippen LogP contribution in [0.25, 0.3) is 0 Å². The number of hydrogen-bond donors (Lipinski definition) is 1. The van der Waals surface area contributed by atoms with E-state index in [1.54, 1.807) is 11.1 Å². The first-order chi connectivity index (χ1) is 19.6. The minimum Gasteiger partial charge on any atom is -0.337 e. The first-order valence-electron chi connectivity index (χ1n) is 13.5. The first-order valence-corrected chi connectivity index (χ1v) is 15.4. The molecule has 1 aromatic heterocycles. The molecular formula is C31H32ClFN4O3S. The fourth-order valence-electron chi connectivity index (χ4n) is 5.26. The molecule has 1 aliphatic rings. The van der Waals surface area contributed by atoms with Crippen LogP contribution in [0.5, 0.6) is 0 Å². The first kappa shape index (κ1) is 29.0. The van der Waals surface area contributed by atoms with Crippen molar-refractivity contribution >= 4 is 33.2 Å². The molecule has 0 bridgehead atoms. The number of sulfonamides is 1. The van der Waals surface area contributed by atoms with Crippen molar-refractivity contribution in [3.63, 3.8) is 0 Å². The Morgan fingerprint density at radius 2 is 1.95 bits per heavy atom. The van der Waals surface area contributed by atoms with E-state index in [4.69, 9.17) is 11.6 Å². The zero-order valence-corrected chi connectivity index (χ0v) is 24.5. The normalized spacial score (nSPS) is 15.8. The summed E-state index contributed by atoms with van der Waals surface area (Å²) in [6.45, 7) is 2.30. The second-order valence-corrected chi connectivity index (χ2v) is 12.6. The maximum Gasteiger partial charge on any atom is 0.241 e. The molecule has 5 rings (SSSR count). The summed E-state index contributed by atoms with van der Waals surface area (Å²) in [5, 5.41) is -0.257. The van der Waals surface area contributed by atoms with Gasteiger partial charge in [0.2, 0.25) is 15.9 Å². The SMILES string of the molecule is C[C@H](CC(=O)N(Cc1nccn1C)c1ccc2c(c1)[C@H](NS(=O)(=O)c1ccc(F)c(Cl)c1)CCC2)c1ccccc1. The van der Waals surface area contributed by atoms with Crippen molar-refractivity contribution in [2.45, 2.75) is 56.0 Å². The molecule has 0 aliphatic heterocycles. The van der Waals surface area contributed by atoms with Gasteiger partial charge in [0.25, 0.3) is 0 Å². The molecule has 2 atom stereocenters. The zero-order chi connectivity index (χ0) is 29.1. The van der Waals surface area contributed by atoms with Gasteiger partial charge in [-0.1, -0.05) is 54.9 Å². The van der Waals surface area contributed by atoms with Gasteiger partial charge < -0.3 is 9.47 Å². The predicted molar refractivity (Wildman–Crippen MR) is 158 cm³/mol. The molecule has 214 valence electrons. The number of imidazole rings is 1. The number of carbonyl (C=O) groups is 1. The Balaban J connectivity index is 1.46. The molecule has 4 aromatic rings. The van der Waals surface area contributed by atoms with Gasteiger partial charge in [0.1, 0.15) is 11.6 Å². The monoisotopic (exact) mass is 594 g/mol. The summed E-state index contributed by atoms with van der Waals surface area (Å²) in [6.07, 6.45) is 6.02. The van der Waals surface area contributed by atoms with Crippen LogP contribution in [0, 0.1) is 5.82 Å². The molecule has 0 fully saturated rings. The Morgan fingerprint density at radius 3 is 2.66 bits per heavy atom. The van der Waals surface area contributed by atoms with E-state index in [2.05, 4.69) is 9.71 Å². The van der Waals surface area contributed by atoms with Gasteiger partial charge in [0.15, 0.2) is 0 Å². The van der Waals surface area contributed by atoms with Gasteiger partial charge >= 0.3 is 0 Å². The lowest BCUT2D eigenvalue weighted by Gasteiger charge is -2.30. The highest BCUT2D eigenvalue weighted by atomic mass is 35.5. The van der Waals surface area contributed by atoms with Crippen molar-refractivity contribution in [3.8, 4) is 0 Å². The average Bonchev–Trinajstić information content (AvgIpc) is 3.37. The number of nitrogens with zero attached hydrogens (tertiary/aromatic N) is 3. The van der Waals surface area contributed by atoms with Gasteiger partial charge in [-0.15, -0.1) is 0 Å². The molecule has 1 aliphatic carbocycles. The number of halogens is 2. The number of rotatable bonds is 9. The van der Waals surface area contributed by atoms with E-state index in [0.717, 1.165) is 47.5 Å². The minimum atomic E-state index is -3.98. The summed E-state index contributed by atoms with van der Waals surface area (Å²) in [5.41, 5.74) is 3.60. The van der Waals surface area contributed by atoms with Crippen molar-refractivity contribution in [2.24, 2.45) is 7.05 Å². The summed E-state index contributed by atoms with van der Waals surface area (Å²) in [6, 6.07) is 18.6. The number of anilines is 1. The molecule has 1 amide bonds. The summed E-state index contributed by atoms with van der Waals surface area (Å²) in [5.74, 6) is -0.00307. The molecule has 1 N–H and O–H groups in total. The number of fused-ring (bicyclic) bond motifs is 1. The van der Waals surface area contributed by atoms with Gasteiger partial charge in [-0.05, 0) is 72.2 Å². The Labute approximate surface area is 245 Å². The molecule has 0 saturated carbocycles. The third-order valence-corrected chi connectivity index (χ3v) is 9.38. The summed E-state index contributed by atoms with van der Waals surface area (Å²) in [4.78, 5) is 19.9. The van der Waals surface area contributed by atoms with Crippen LogP contribution >= 0.6 is 11.6 Å². The highest BCUT2D eigenvalue weighted by molar-refractivity contribution is 7.89.